The fourth-order valence-electron chi connectivity index (χ4n) is 2.58. The first kappa shape index (κ1) is 13.3. The highest BCUT2D eigenvalue weighted by atomic mass is 19.1. The Labute approximate surface area is 121 Å². The predicted octanol–water partition coefficient (Wildman–Crippen LogP) is 1.71. The number of aliphatic imine (C=N–C) groups is 1. The van der Waals surface area contributed by atoms with Crippen molar-refractivity contribution in [3.8, 4) is 0 Å². The van der Waals surface area contributed by atoms with Crippen LogP contribution in [0.25, 0.3) is 0 Å². The van der Waals surface area contributed by atoms with Crippen LogP contribution in [0.5, 0.6) is 0 Å². The lowest BCUT2D eigenvalue weighted by molar-refractivity contribution is -0.124. The van der Waals surface area contributed by atoms with Crippen LogP contribution in [0.3, 0.4) is 0 Å². The third-order valence-electron chi connectivity index (χ3n) is 3.53. The van der Waals surface area contributed by atoms with Crippen molar-refractivity contribution in [1.29, 1.82) is 0 Å². The summed E-state index contributed by atoms with van der Waals surface area (Å²) >= 11 is 0. The van der Waals surface area contributed by atoms with Gasteiger partial charge < -0.3 is 5.73 Å². The van der Waals surface area contributed by atoms with Crippen LogP contribution in [0.15, 0.2) is 59.6 Å². The van der Waals surface area contributed by atoms with Crippen molar-refractivity contribution in [3.05, 3.63) is 71.5 Å². The molecule has 0 saturated carbocycles. The molecule has 5 heteroatoms. The summed E-state index contributed by atoms with van der Waals surface area (Å²) in [7, 11) is 0. The quantitative estimate of drug-likeness (QED) is 0.900. The summed E-state index contributed by atoms with van der Waals surface area (Å²) < 4.78 is 13.4. The van der Waals surface area contributed by atoms with E-state index < -0.39 is 5.54 Å². The van der Waals surface area contributed by atoms with E-state index >= 15 is 0 Å². The van der Waals surface area contributed by atoms with E-state index in [2.05, 4.69) is 10.3 Å². The smallest absolute Gasteiger partial charge is 0.259 e. The van der Waals surface area contributed by atoms with E-state index in [1.807, 2.05) is 30.3 Å². The molecule has 1 aliphatic heterocycles. The molecule has 0 unspecified atom stereocenters. The zero-order valence-electron chi connectivity index (χ0n) is 11.2. The third kappa shape index (κ3) is 2.38. The maximum Gasteiger partial charge on any atom is 0.259 e. The molecule has 4 nitrogen and oxygen atoms in total. The minimum absolute atomic E-state index is 0.0836. The molecule has 2 aromatic carbocycles. The molecule has 2 aromatic rings. The van der Waals surface area contributed by atoms with Crippen molar-refractivity contribution >= 4 is 11.9 Å². The highest BCUT2D eigenvalue weighted by molar-refractivity contribution is 6.07. The SMILES string of the molecule is NC1=N[C@@](Cc2cccc(F)c2)(c2ccccc2)C(=O)N1. The standard InChI is InChI=1S/C16H14FN3O/c17-13-8-4-5-11(9-13)10-16(12-6-2-1-3-7-12)14(21)19-15(18)20-16/h1-9H,10H2,(H3,18,19,20,21)/t16-/m0/s1. The molecule has 1 amide bonds. The number of nitrogens with one attached hydrogen (secondary N) is 1. The number of hydrogen-bond acceptors (Lipinski definition) is 3. The van der Waals surface area contributed by atoms with Crippen molar-refractivity contribution in [3.63, 3.8) is 0 Å². The van der Waals surface area contributed by atoms with Crippen LogP contribution in [-0.4, -0.2) is 11.9 Å². The fraction of sp³-hybridized carbons (Fsp3) is 0.125. The van der Waals surface area contributed by atoms with Crippen LogP contribution >= 0.6 is 0 Å². The van der Waals surface area contributed by atoms with Gasteiger partial charge in [-0.05, 0) is 23.3 Å². The number of guanidine groups is 1. The fourth-order valence-corrected chi connectivity index (χ4v) is 2.58. The number of nitrogens with two attached hydrogens (primary N) is 1. The van der Waals surface area contributed by atoms with E-state index in [9.17, 15) is 9.18 Å². The van der Waals surface area contributed by atoms with Crippen LogP contribution in [0, 0.1) is 5.82 Å². The number of benzene rings is 2. The van der Waals surface area contributed by atoms with Crippen molar-refractivity contribution in [2.24, 2.45) is 10.7 Å². The zero-order valence-corrected chi connectivity index (χ0v) is 11.2. The second-order valence-corrected chi connectivity index (χ2v) is 4.98. The molecule has 21 heavy (non-hydrogen) atoms. The lowest BCUT2D eigenvalue weighted by atomic mass is 9.84. The van der Waals surface area contributed by atoms with Gasteiger partial charge in [-0.3, -0.25) is 10.1 Å². The van der Waals surface area contributed by atoms with Gasteiger partial charge in [0.15, 0.2) is 11.5 Å². The molecular formula is C16H14FN3O. The molecule has 0 aromatic heterocycles. The minimum atomic E-state index is -1.14. The molecule has 106 valence electrons. The van der Waals surface area contributed by atoms with Gasteiger partial charge in [0.25, 0.3) is 5.91 Å². The van der Waals surface area contributed by atoms with Gasteiger partial charge in [-0.2, -0.15) is 0 Å². The summed E-state index contributed by atoms with van der Waals surface area (Å²) in [4.78, 5) is 16.7. The molecule has 0 aliphatic carbocycles. The molecule has 3 N–H and O–H groups in total. The van der Waals surface area contributed by atoms with Crippen molar-refractivity contribution in [2.45, 2.75) is 12.0 Å². The van der Waals surface area contributed by atoms with E-state index in [1.54, 1.807) is 12.1 Å². The molecule has 0 saturated heterocycles. The Bertz CT molecular complexity index is 714. The first-order valence-corrected chi connectivity index (χ1v) is 6.57. The molecule has 1 heterocycles. The molecule has 0 spiro atoms. The summed E-state index contributed by atoms with van der Waals surface area (Å²) in [6, 6.07) is 15.3. The highest BCUT2D eigenvalue weighted by Crippen LogP contribution is 2.33. The maximum atomic E-state index is 13.4. The average molecular weight is 283 g/mol. The summed E-state index contributed by atoms with van der Waals surface area (Å²) in [5, 5.41) is 2.54. The van der Waals surface area contributed by atoms with Crippen LogP contribution in [0.2, 0.25) is 0 Å². The Morgan fingerprint density at radius 3 is 2.52 bits per heavy atom. The van der Waals surface area contributed by atoms with Crippen LogP contribution in [0.4, 0.5) is 4.39 Å². The zero-order chi connectivity index (χ0) is 14.9. The second kappa shape index (κ2) is 5.01. The maximum absolute atomic E-state index is 13.4. The van der Waals surface area contributed by atoms with E-state index in [4.69, 9.17) is 5.73 Å². The molecule has 0 radical (unpaired) electrons. The van der Waals surface area contributed by atoms with E-state index in [-0.39, 0.29) is 24.1 Å². The Balaban J connectivity index is 2.08. The average Bonchev–Trinajstić information content (AvgIpc) is 2.75. The molecule has 0 bridgehead atoms. The summed E-state index contributed by atoms with van der Waals surface area (Å²) in [5.41, 5.74) is 5.94. The highest BCUT2D eigenvalue weighted by Gasteiger charge is 2.44. The normalized spacial score (nSPS) is 21.0. The van der Waals surface area contributed by atoms with Gasteiger partial charge in [0, 0.05) is 6.42 Å². The van der Waals surface area contributed by atoms with Crippen LogP contribution < -0.4 is 11.1 Å². The van der Waals surface area contributed by atoms with Gasteiger partial charge in [-0.15, -0.1) is 0 Å². The Morgan fingerprint density at radius 2 is 1.90 bits per heavy atom. The minimum Gasteiger partial charge on any atom is -0.370 e. The number of hydrogen-bond donors (Lipinski definition) is 2. The Morgan fingerprint density at radius 1 is 1.14 bits per heavy atom. The lowest BCUT2D eigenvalue weighted by Crippen LogP contribution is -2.40. The molecule has 0 fully saturated rings. The Hall–Kier alpha value is -2.69. The number of amides is 1. The van der Waals surface area contributed by atoms with Gasteiger partial charge >= 0.3 is 0 Å². The van der Waals surface area contributed by atoms with E-state index in [0.29, 0.717) is 5.56 Å². The van der Waals surface area contributed by atoms with E-state index in [1.165, 1.54) is 12.1 Å². The number of rotatable bonds is 3. The van der Waals surface area contributed by atoms with Gasteiger partial charge in [0.05, 0.1) is 0 Å². The molecule has 1 atom stereocenters. The molecular weight excluding hydrogens is 269 g/mol. The predicted molar refractivity (Wildman–Crippen MR) is 78.0 cm³/mol. The summed E-state index contributed by atoms with van der Waals surface area (Å²) in [5.74, 6) is -0.554. The van der Waals surface area contributed by atoms with Crippen molar-refractivity contribution in [2.75, 3.05) is 0 Å². The first-order valence-electron chi connectivity index (χ1n) is 6.57. The number of halogens is 1. The summed E-state index contributed by atoms with van der Waals surface area (Å²) in [6.07, 6.45) is 0.251. The monoisotopic (exact) mass is 283 g/mol. The number of carbonyl (C=O) groups is 1. The van der Waals surface area contributed by atoms with Gasteiger partial charge in [-0.1, -0.05) is 42.5 Å². The first-order chi connectivity index (χ1) is 10.1. The van der Waals surface area contributed by atoms with Gasteiger partial charge in [0.1, 0.15) is 5.82 Å². The van der Waals surface area contributed by atoms with Gasteiger partial charge in [-0.25, -0.2) is 9.38 Å². The van der Waals surface area contributed by atoms with Crippen LogP contribution in [-0.2, 0) is 16.8 Å². The summed E-state index contributed by atoms with van der Waals surface area (Å²) in [6.45, 7) is 0. The van der Waals surface area contributed by atoms with Crippen molar-refractivity contribution in [1.82, 2.24) is 5.32 Å². The number of nitrogens with zero attached hydrogens (tertiary/aromatic N) is 1. The van der Waals surface area contributed by atoms with E-state index in [0.717, 1.165) is 5.56 Å². The largest absolute Gasteiger partial charge is 0.370 e. The third-order valence-corrected chi connectivity index (χ3v) is 3.53. The second-order valence-electron chi connectivity index (χ2n) is 4.98. The van der Waals surface area contributed by atoms with Crippen LogP contribution in [0.1, 0.15) is 11.1 Å². The molecule has 3 rings (SSSR count). The number of carbonyl (C=O) groups excluding carboxylic acids is 1. The molecule has 1 aliphatic rings. The van der Waals surface area contributed by atoms with Crippen molar-refractivity contribution < 1.29 is 9.18 Å². The lowest BCUT2D eigenvalue weighted by Gasteiger charge is -2.24. The topological polar surface area (TPSA) is 67.5 Å². The van der Waals surface area contributed by atoms with Gasteiger partial charge in [0.2, 0.25) is 0 Å². The Kier molecular flexibility index (Phi) is 3.17.